The predicted molar refractivity (Wildman–Crippen MR) is 79.1 cm³/mol. The van der Waals surface area contributed by atoms with E-state index in [-0.39, 0.29) is 10.6 Å². The zero-order valence-corrected chi connectivity index (χ0v) is 12.9. The average Bonchev–Trinajstić information content (AvgIpc) is 2.35. The Morgan fingerprint density at radius 3 is 2.58 bits per heavy atom. The van der Waals surface area contributed by atoms with Crippen LogP contribution in [0, 0.1) is 10.1 Å². The number of hydrogen-bond donors (Lipinski definition) is 0. The Labute approximate surface area is 122 Å². The van der Waals surface area contributed by atoms with Crippen LogP contribution in [0.3, 0.4) is 0 Å². The lowest BCUT2D eigenvalue weighted by molar-refractivity contribution is -0.385. The maximum Gasteiger partial charge on any atom is 0.283 e. The Balaban J connectivity index is 2.23. The van der Waals surface area contributed by atoms with Crippen LogP contribution in [0.15, 0.2) is 22.7 Å². The second kappa shape index (κ2) is 6.01. The fourth-order valence-electron chi connectivity index (χ4n) is 2.81. The van der Waals surface area contributed by atoms with Crippen LogP contribution in [0.2, 0.25) is 0 Å². The lowest BCUT2D eigenvalue weighted by Gasteiger charge is -2.39. The minimum Gasteiger partial charge on any atom is -0.294 e. The van der Waals surface area contributed by atoms with Gasteiger partial charge in [0.1, 0.15) is 0 Å². The van der Waals surface area contributed by atoms with Gasteiger partial charge in [-0.25, -0.2) is 0 Å². The van der Waals surface area contributed by atoms with Crippen molar-refractivity contribution in [1.82, 2.24) is 4.90 Å². The molecule has 1 aromatic rings. The topological polar surface area (TPSA) is 46.4 Å². The Morgan fingerprint density at radius 2 is 2.00 bits per heavy atom. The molecule has 0 aliphatic carbocycles. The Hall–Kier alpha value is -0.940. The third-order valence-corrected chi connectivity index (χ3v) is 4.90. The minimum atomic E-state index is -0.337. The van der Waals surface area contributed by atoms with Gasteiger partial charge in [-0.2, -0.15) is 0 Å². The van der Waals surface area contributed by atoms with Gasteiger partial charge in [0.2, 0.25) is 0 Å². The number of piperidine rings is 1. The van der Waals surface area contributed by atoms with Crippen LogP contribution in [0.25, 0.3) is 0 Å². The first-order valence-corrected chi connectivity index (χ1v) is 7.47. The van der Waals surface area contributed by atoms with Gasteiger partial charge in [-0.3, -0.25) is 15.0 Å². The fraction of sp³-hybridized carbons (Fsp3) is 0.571. The van der Waals surface area contributed by atoms with Gasteiger partial charge in [0.25, 0.3) is 5.69 Å². The summed E-state index contributed by atoms with van der Waals surface area (Å²) in [6.45, 7) is 5.24. The molecule has 0 aromatic heterocycles. The molecule has 1 aliphatic heterocycles. The Morgan fingerprint density at radius 1 is 1.37 bits per heavy atom. The Kier molecular flexibility index (Phi) is 4.58. The molecule has 1 heterocycles. The summed E-state index contributed by atoms with van der Waals surface area (Å²) in [6.07, 6.45) is 3.68. The molecule has 104 valence electrons. The zero-order chi connectivity index (χ0) is 14.0. The van der Waals surface area contributed by atoms with E-state index in [4.69, 9.17) is 0 Å². The quantitative estimate of drug-likeness (QED) is 0.620. The van der Waals surface area contributed by atoms with Crippen molar-refractivity contribution in [3.05, 3.63) is 38.3 Å². The molecule has 0 amide bonds. The molecule has 2 atom stereocenters. The molecule has 2 rings (SSSR count). The van der Waals surface area contributed by atoms with E-state index in [9.17, 15) is 10.1 Å². The van der Waals surface area contributed by atoms with Gasteiger partial charge in [0.05, 0.1) is 9.40 Å². The van der Waals surface area contributed by atoms with E-state index in [0.29, 0.717) is 16.6 Å². The van der Waals surface area contributed by atoms with E-state index in [1.807, 2.05) is 6.07 Å². The monoisotopic (exact) mass is 326 g/mol. The highest BCUT2D eigenvalue weighted by atomic mass is 79.9. The SMILES string of the molecule is C[C@@H]1CCC[C@H](C)N1Cc1cccc([N+](=O)[O-])c1Br. The van der Waals surface area contributed by atoms with Crippen molar-refractivity contribution in [2.75, 3.05) is 0 Å². The number of rotatable bonds is 3. The Bertz CT molecular complexity index is 469. The van der Waals surface area contributed by atoms with Gasteiger partial charge in [0.15, 0.2) is 0 Å². The van der Waals surface area contributed by atoms with Gasteiger partial charge < -0.3 is 0 Å². The third kappa shape index (κ3) is 3.15. The lowest BCUT2D eigenvalue weighted by Crippen LogP contribution is -2.43. The van der Waals surface area contributed by atoms with E-state index in [0.717, 1.165) is 12.1 Å². The van der Waals surface area contributed by atoms with E-state index in [1.165, 1.54) is 25.3 Å². The van der Waals surface area contributed by atoms with Crippen LogP contribution >= 0.6 is 15.9 Å². The van der Waals surface area contributed by atoms with E-state index in [2.05, 4.69) is 34.7 Å². The van der Waals surface area contributed by atoms with Gasteiger partial charge >= 0.3 is 0 Å². The van der Waals surface area contributed by atoms with Crippen molar-refractivity contribution in [3.63, 3.8) is 0 Å². The van der Waals surface area contributed by atoms with Crippen molar-refractivity contribution in [3.8, 4) is 0 Å². The van der Waals surface area contributed by atoms with Gasteiger partial charge in [-0.05, 0) is 48.2 Å². The first kappa shape index (κ1) is 14.5. The highest BCUT2D eigenvalue weighted by molar-refractivity contribution is 9.10. The summed E-state index contributed by atoms with van der Waals surface area (Å²) in [4.78, 5) is 13.1. The van der Waals surface area contributed by atoms with Gasteiger partial charge in [-0.15, -0.1) is 0 Å². The summed E-state index contributed by atoms with van der Waals surface area (Å²) in [5.41, 5.74) is 1.14. The summed E-state index contributed by atoms with van der Waals surface area (Å²) in [5, 5.41) is 11.0. The summed E-state index contributed by atoms with van der Waals surface area (Å²) in [6, 6.07) is 6.34. The van der Waals surface area contributed by atoms with Crippen LogP contribution in [0.4, 0.5) is 5.69 Å². The highest BCUT2D eigenvalue weighted by Gasteiger charge is 2.26. The summed E-state index contributed by atoms with van der Waals surface area (Å²) in [7, 11) is 0. The number of nitro groups is 1. The molecule has 0 radical (unpaired) electrons. The molecule has 0 spiro atoms. The van der Waals surface area contributed by atoms with Crippen LogP contribution in [0.1, 0.15) is 38.7 Å². The minimum absolute atomic E-state index is 0.148. The smallest absolute Gasteiger partial charge is 0.283 e. The molecule has 0 unspecified atom stereocenters. The molecular weight excluding hydrogens is 308 g/mol. The normalized spacial score (nSPS) is 24.4. The van der Waals surface area contributed by atoms with Gasteiger partial charge in [0, 0.05) is 24.7 Å². The van der Waals surface area contributed by atoms with Crippen molar-refractivity contribution in [1.29, 1.82) is 0 Å². The van der Waals surface area contributed by atoms with Crippen LogP contribution < -0.4 is 0 Å². The van der Waals surface area contributed by atoms with Crippen LogP contribution in [-0.4, -0.2) is 21.9 Å². The number of nitro benzene ring substituents is 1. The average molecular weight is 327 g/mol. The number of hydrogen-bond acceptors (Lipinski definition) is 3. The molecule has 1 fully saturated rings. The molecule has 5 heteroatoms. The lowest BCUT2D eigenvalue weighted by atomic mass is 9.96. The summed E-state index contributed by atoms with van der Waals surface area (Å²) >= 11 is 3.38. The number of halogens is 1. The molecule has 1 aliphatic rings. The van der Waals surface area contributed by atoms with Crippen LogP contribution in [-0.2, 0) is 6.54 Å². The van der Waals surface area contributed by atoms with Crippen molar-refractivity contribution in [2.24, 2.45) is 0 Å². The van der Waals surface area contributed by atoms with Crippen molar-refractivity contribution in [2.45, 2.75) is 51.7 Å². The molecule has 0 N–H and O–H groups in total. The fourth-order valence-corrected chi connectivity index (χ4v) is 3.35. The molecule has 19 heavy (non-hydrogen) atoms. The first-order chi connectivity index (χ1) is 9.00. The third-order valence-electron chi connectivity index (χ3n) is 3.98. The van der Waals surface area contributed by atoms with E-state index >= 15 is 0 Å². The van der Waals surface area contributed by atoms with E-state index in [1.54, 1.807) is 6.07 Å². The van der Waals surface area contributed by atoms with Crippen molar-refractivity contribution >= 4 is 21.6 Å². The number of likely N-dealkylation sites (tertiary alicyclic amines) is 1. The molecule has 0 saturated carbocycles. The molecule has 4 nitrogen and oxygen atoms in total. The molecule has 1 saturated heterocycles. The van der Waals surface area contributed by atoms with Gasteiger partial charge in [-0.1, -0.05) is 18.6 Å². The summed E-state index contributed by atoms with van der Waals surface area (Å²) < 4.78 is 0.616. The second-order valence-electron chi connectivity index (χ2n) is 5.31. The highest BCUT2D eigenvalue weighted by Crippen LogP contribution is 2.31. The summed E-state index contributed by atoms with van der Waals surface area (Å²) in [5.74, 6) is 0. The zero-order valence-electron chi connectivity index (χ0n) is 11.3. The van der Waals surface area contributed by atoms with E-state index < -0.39 is 0 Å². The molecule has 0 bridgehead atoms. The second-order valence-corrected chi connectivity index (χ2v) is 6.10. The standard InChI is InChI=1S/C14H19BrN2O2/c1-10-5-3-6-11(2)16(10)9-12-7-4-8-13(14(12)15)17(18)19/h4,7-8,10-11H,3,5-6,9H2,1-2H3/t10-,11+. The number of nitrogens with zero attached hydrogens (tertiary/aromatic N) is 2. The largest absolute Gasteiger partial charge is 0.294 e. The molecule has 1 aromatic carbocycles. The maximum absolute atomic E-state index is 11.0. The maximum atomic E-state index is 11.0. The van der Waals surface area contributed by atoms with Crippen LogP contribution in [0.5, 0.6) is 0 Å². The predicted octanol–water partition coefficient (Wildman–Crippen LogP) is 4.12. The number of benzene rings is 1. The molecular formula is C14H19BrN2O2. The van der Waals surface area contributed by atoms with Crippen molar-refractivity contribution < 1.29 is 4.92 Å². The first-order valence-electron chi connectivity index (χ1n) is 6.68.